The molecule has 0 aliphatic carbocycles. The molecular weight excluding hydrogens is 192 g/mol. The quantitative estimate of drug-likeness (QED) is 0.676. The van der Waals surface area contributed by atoms with Crippen LogP contribution in [0, 0.1) is 0 Å². The van der Waals surface area contributed by atoms with Crippen LogP contribution in [0.3, 0.4) is 0 Å². The van der Waals surface area contributed by atoms with Gasteiger partial charge in [0.2, 0.25) is 5.43 Å². The van der Waals surface area contributed by atoms with Gasteiger partial charge in [-0.05, 0) is 12.1 Å². The molecule has 1 aliphatic rings. The second kappa shape index (κ2) is 3.17. The lowest BCUT2D eigenvalue weighted by Gasteiger charge is -2.06. The molecule has 4 heteroatoms. The van der Waals surface area contributed by atoms with Crippen LogP contribution in [0.1, 0.15) is 0 Å². The van der Waals surface area contributed by atoms with Crippen molar-refractivity contribution in [3.8, 4) is 0 Å². The van der Waals surface area contributed by atoms with E-state index in [0.717, 1.165) is 18.7 Å². The molecule has 0 radical (unpaired) electrons. The Labute approximate surface area is 86.1 Å². The summed E-state index contributed by atoms with van der Waals surface area (Å²) in [6, 6.07) is 7.51. The molecule has 0 bridgehead atoms. The lowest BCUT2D eigenvalue weighted by Crippen LogP contribution is -2.14. The molecular formula is C11H10N2O2. The Kier molecular flexibility index (Phi) is 1.82. The van der Waals surface area contributed by atoms with Crippen molar-refractivity contribution in [2.45, 2.75) is 12.6 Å². The van der Waals surface area contributed by atoms with Crippen LogP contribution in [0.15, 0.2) is 35.3 Å². The highest BCUT2D eigenvalue weighted by atomic mass is 16.6. The van der Waals surface area contributed by atoms with Crippen LogP contribution in [0.25, 0.3) is 10.9 Å². The number of benzene rings is 1. The van der Waals surface area contributed by atoms with Crippen molar-refractivity contribution in [2.75, 3.05) is 6.61 Å². The van der Waals surface area contributed by atoms with E-state index < -0.39 is 0 Å². The van der Waals surface area contributed by atoms with Crippen LogP contribution >= 0.6 is 0 Å². The third kappa shape index (κ3) is 1.53. The van der Waals surface area contributed by atoms with Crippen LogP contribution < -0.4 is 5.43 Å². The summed E-state index contributed by atoms with van der Waals surface area (Å²) in [6.07, 6.45) is 1.63. The Bertz CT molecular complexity index is 558. The lowest BCUT2D eigenvalue weighted by molar-refractivity contribution is 0.375. The fourth-order valence-electron chi connectivity index (χ4n) is 1.67. The number of epoxide rings is 1. The summed E-state index contributed by atoms with van der Waals surface area (Å²) in [7, 11) is 0. The lowest BCUT2D eigenvalue weighted by atomic mass is 10.2. The van der Waals surface area contributed by atoms with E-state index in [1.807, 2.05) is 28.9 Å². The number of hydrogen-bond donors (Lipinski definition) is 0. The Morgan fingerprint density at radius 1 is 1.47 bits per heavy atom. The van der Waals surface area contributed by atoms with Crippen molar-refractivity contribution in [1.82, 2.24) is 9.78 Å². The van der Waals surface area contributed by atoms with Gasteiger partial charge in [0.1, 0.15) is 6.10 Å². The van der Waals surface area contributed by atoms with Crippen LogP contribution in [-0.2, 0) is 11.3 Å². The summed E-state index contributed by atoms with van der Waals surface area (Å²) in [5, 5.41) is 4.83. The van der Waals surface area contributed by atoms with Crippen LogP contribution in [0.4, 0.5) is 0 Å². The Balaban J connectivity index is 2.20. The van der Waals surface area contributed by atoms with Gasteiger partial charge in [0, 0.05) is 5.39 Å². The van der Waals surface area contributed by atoms with E-state index in [0.29, 0.717) is 5.39 Å². The number of fused-ring (bicyclic) bond motifs is 1. The molecule has 1 aromatic heterocycles. The molecule has 2 heterocycles. The van der Waals surface area contributed by atoms with Gasteiger partial charge in [-0.2, -0.15) is 5.10 Å². The Morgan fingerprint density at radius 3 is 3.07 bits per heavy atom. The minimum absolute atomic E-state index is 0.0291. The molecule has 3 rings (SSSR count). The van der Waals surface area contributed by atoms with Gasteiger partial charge in [-0.25, -0.2) is 0 Å². The zero-order chi connectivity index (χ0) is 10.3. The summed E-state index contributed by atoms with van der Waals surface area (Å²) in [5.41, 5.74) is 0.846. The van der Waals surface area contributed by atoms with Crippen LogP contribution in [-0.4, -0.2) is 22.5 Å². The molecule has 1 aliphatic heterocycles. The summed E-state index contributed by atoms with van der Waals surface area (Å²) in [6.45, 7) is 1.52. The number of ether oxygens (including phenoxy) is 1. The minimum Gasteiger partial charge on any atom is -0.371 e. The van der Waals surface area contributed by atoms with Gasteiger partial charge in [0.25, 0.3) is 0 Å². The average molecular weight is 202 g/mol. The largest absolute Gasteiger partial charge is 0.371 e. The van der Waals surface area contributed by atoms with Gasteiger partial charge < -0.3 is 4.74 Å². The van der Waals surface area contributed by atoms with E-state index in [2.05, 4.69) is 5.10 Å². The first-order valence-electron chi connectivity index (χ1n) is 4.91. The van der Waals surface area contributed by atoms with E-state index in [1.54, 1.807) is 0 Å². The Hall–Kier alpha value is -1.68. The van der Waals surface area contributed by atoms with Gasteiger partial charge in [-0.3, -0.25) is 9.48 Å². The smallest absolute Gasteiger partial charge is 0.207 e. The maximum atomic E-state index is 11.5. The number of hydrogen-bond acceptors (Lipinski definition) is 3. The zero-order valence-corrected chi connectivity index (χ0v) is 8.09. The maximum Gasteiger partial charge on any atom is 0.207 e. The summed E-state index contributed by atoms with van der Waals surface area (Å²) >= 11 is 0. The predicted molar refractivity (Wildman–Crippen MR) is 55.7 cm³/mol. The van der Waals surface area contributed by atoms with E-state index >= 15 is 0 Å². The number of aromatic nitrogens is 2. The third-order valence-corrected chi connectivity index (χ3v) is 2.54. The molecule has 0 unspecified atom stereocenters. The average Bonchev–Trinajstić information content (AvgIpc) is 3.07. The number of nitrogens with zero attached hydrogens (tertiary/aromatic N) is 2. The monoisotopic (exact) mass is 202 g/mol. The zero-order valence-electron chi connectivity index (χ0n) is 8.09. The SMILES string of the molecule is O=c1cnn(C[C@@H]2CO2)c2ccccc12. The highest BCUT2D eigenvalue weighted by molar-refractivity contribution is 5.77. The molecule has 1 aromatic carbocycles. The summed E-state index contributed by atoms with van der Waals surface area (Å²) in [4.78, 5) is 11.5. The Morgan fingerprint density at radius 2 is 2.27 bits per heavy atom. The molecule has 4 nitrogen and oxygen atoms in total. The first kappa shape index (κ1) is 8.61. The van der Waals surface area contributed by atoms with E-state index in [9.17, 15) is 4.79 Å². The standard InChI is InChI=1S/C11H10N2O2/c14-11-5-12-13(6-8-7-15-8)10-4-2-1-3-9(10)11/h1-5,8H,6-7H2/t8-/m1/s1. The van der Waals surface area contributed by atoms with Crippen molar-refractivity contribution in [1.29, 1.82) is 0 Å². The van der Waals surface area contributed by atoms with Gasteiger partial charge >= 0.3 is 0 Å². The molecule has 76 valence electrons. The second-order valence-corrected chi connectivity index (χ2v) is 3.66. The van der Waals surface area contributed by atoms with Crippen LogP contribution in [0.5, 0.6) is 0 Å². The molecule has 2 aromatic rings. The van der Waals surface area contributed by atoms with Gasteiger partial charge in [-0.15, -0.1) is 0 Å². The molecule has 1 saturated heterocycles. The number of para-hydroxylation sites is 1. The summed E-state index contributed by atoms with van der Waals surface area (Å²) < 4.78 is 6.98. The number of rotatable bonds is 2. The molecule has 0 spiro atoms. The normalized spacial score (nSPS) is 19.3. The molecule has 15 heavy (non-hydrogen) atoms. The maximum absolute atomic E-state index is 11.5. The van der Waals surface area contributed by atoms with Gasteiger partial charge in [-0.1, -0.05) is 12.1 Å². The van der Waals surface area contributed by atoms with E-state index in [4.69, 9.17) is 4.74 Å². The second-order valence-electron chi connectivity index (χ2n) is 3.66. The minimum atomic E-state index is -0.0291. The van der Waals surface area contributed by atoms with Gasteiger partial charge in [0.15, 0.2) is 0 Å². The van der Waals surface area contributed by atoms with E-state index in [1.165, 1.54) is 6.20 Å². The third-order valence-electron chi connectivity index (χ3n) is 2.54. The molecule has 1 atom stereocenters. The van der Waals surface area contributed by atoms with E-state index in [-0.39, 0.29) is 11.5 Å². The van der Waals surface area contributed by atoms with Crippen LogP contribution in [0.2, 0.25) is 0 Å². The molecule has 0 amide bonds. The highest BCUT2D eigenvalue weighted by Gasteiger charge is 2.23. The topological polar surface area (TPSA) is 47.4 Å². The molecule has 1 fully saturated rings. The predicted octanol–water partition coefficient (Wildman–Crippen LogP) is 0.795. The first-order valence-corrected chi connectivity index (χ1v) is 4.91. The summed E-state index contributed by atoms with van der Waals surface area (Å²) in [5.74, 6) is 0. The molecule has 0 N–H and O–H groups in total. The van der Waals surface area contributed by atoms with Crippen molar-refractivity contribution in [3.63, 3.8) is 0 Å². The fourth-order valence-corrected chi connectivity index (χ4v) is 1.67. The van der Waals surface area contributed by atoms with Crippen molar-refractivity contribution >= 4 is 10.9 Å². The fraction of sp³-hybridized carbons (Fsp3) is 0.273. The van der Waals surface area contributed by atoms with Crippen molar-refractivity contribution in [2.24, 2.45) is 0 Å². The van der Waals surface area contributed by atoms with Crippen molar-refractivity contribution < 1.29 is 4.74 Å². The van der Waals surface area contributed by atoms with Crippen molar-refractivity contribution in [3.05, 3.63) is 40.7 Å². The van der Waals surface area contributed by atoms with Gasteiger partial charge in [0.05, 0.1) is 24.9 Å². The molecule has 0 saturated carbocycles. The first-order chi connectivity index (χ1) is 7.34. The highest BCUT2D eigenvalue weighted by Crippen LogP contribution is 2.14.